The second kappa shape index (κ2) is 13.8. The van der Waals surface area contributed by atoms with Gasteiger partial charge in [0, 0.05) is 95.4 Å². The van der Waals surface area contributed by atoms with E-state index in [9.17, 15) is 9.59 Å². The predicted molar refractivity (Wildman–Crippen MR) is 156 cm³/mol. The maximum atomic E-state index is 13.1. The number of amides is 2. The second-order valence-electron chi connectivity index (χ2n) is 11.0. The van der Waals surface area contributed by atoms with Crippen LogP contribution < -0.4 is 20.3 Å². The van der Waals surface area contributed by atoms with Crippen LogP contribution in [-0.4, -0.2) is 92.6 Å². The molecule has 2 N–H and O–H groups in total. The van der Waals surface area contributed by atoms with Gasteiger partial charge in [-0.05, 0) is 48.6 Å². The molecule has 2 amide bonds. The quantitative estimate of drug-likeness (QED) is 0.537. The first-order chi connectivity index (χ1) is 19.6. The summed E-state index contributed by atoms with van der Waals surface area (Å²) in [5, 5.41) is 6.76. The lowest BCUT2D eigenvalue weighted by atomic mass is 9.82. The average Bonchev–Trinajstić information content (AvgIpc) is 3.00. The van der Waals surface area contributed by atoms with Gasteiger partial charge in [0.15, 0.2) is 0 Å². The van der Waals surface area contributed by atoms with Crippen molar-refractivity contribution < 1.29 is 14.3 Å². The SMILES string of the molecule is CN(CCc1ccccn1)C(=O)C[C@@H]1CCN2C[C@@H]1/C=C/COc1ccc(N3CCNCC3)cc1CNCC2=O. The van der Waals surface area contributed by atoms with E-state index in [4.69, 9.17) is 4.74 Å². The maximum absolute atomic E-state index is 13.1. The lowest BCUT2D eigenvalue weighted by Gasteiger charge is -2.37. The molecule has 40 heavy (non-hydrogen) atoms. The summed E-state index contributed by atoms with van der Waals surface area (Å²) in [5.74, 6) is 1.40. The van der Waals surface area contributed by atoms with Crippen molar-refractivity contribution in [3.05, 3.63) is 66.0 Å². The van der Waals surface area contributed by atoms with Crippen LogP contribution in [-0.2, 0) is 22.6 Å². The van der Waals surface area contributed by atoms with Crippen LogP contribution in [0.25, 0.3) is 0 Å². The van der Waals surface area contributed by atoms with E-state index in [1.807, 2.05) is 41.1 Å². The molecule has 1 aromatic heterocycles. The summed E-state index contributed by atoms with van der Waals surface area (Å²) in [7, 11) is 1.87. The molecule has 0 aliphatic carbocycles. The summed E-state index contributed by atoms with van der Waals surface area (Å²) in [6.45, 7) is 7.19. The van der Waals surface area contributed by atoms with E-state index in [0.717, 1.165) is 56.0 Å². The highest BCUT2D eigenvalue weighted by Crippen LogP contribution is 2.30. The highest BCUT2D eigenvalue weighted by molar-refractivity contribution is 5.79. The summed E-state index contributed by atoms with van der Waals surface area (Å²) in [6.07, 6.45) is 8.03. The van der Waals surface area contributed by atoms with Gasteiger partial charge in [-0.25, -0.2) is 0 Å². The monoisotopic (exact) mass is 546 g/mol. The highest BCUT2D eigenvalue weighted by atomic mass is 16.5. The Kier molecular flexibility index (Phi) is 9.67. The van der Waals surface area contributed by atoms with Gasteiger partial charge >= 0.3 is 0 Å². The summed E-state index contributed by atoms with van der Waals surface area (Å²) in [6, 6.07) is 12.2. The molecule has 2 fully saturated rings. The maximum Gasteiger partial charge on any atom is 0.236 e. The zero-order valence-corrected chi connectivity index (χ0v) is 23.6. The van der Waals surface area contributed by atoms with Crippen molar-refractivity contribution in [3.63, 3.8) is 0 Å². The molecule has 2 atom stereocenters. The number of aromatic nitrogens is 1. The van der Waals surface area contributed by atoms with Crippen LogP contribution in [0.2, 0.25) is 0 Å². The largest absolute Gasteiger partial charge is 0.489 e. The number of fused-ring (bicyclic) bond motifs is 3. The lowest BCUT2D eigenvalue weighted by Crippen LogP contribution is -2.47. The van der Waals surface area contributed by atoms with Gasteiger partial charge in [0.1, 0.15) is 12.4 Å². The Morgan fingerprint density at radius 1 is 1.10 bits per heavy atom. The van der Waals surface area contributed by atoms with Gasteiger partial charge in [0.2, 0.25) is 11.8 Å². The van der Waals surface area contributed by atoms with Crippen LogP contribution in [0.15, 0.2) is 54.7 Å². The number of ether oxygens (including phenoxy) is 1. The first kappa shape index (κ1) is 28.1. The average molecular weight is 547 g/mol. The molecule has 5 rings (SSSR count). The van der Waals surface area contributed by atoms with Crippen LogP contribution >= 0.6 is 0 Å². The number of piperidine rings is 1. The van der Waals surface area contributed by atoms with E-state index in [0.29, 0.717) is 39.2 Å². The fourth-order valence-corrected chi connectivity index (χ4v) is 5.81. The first-order valence-corrected chi connectivity index (χ1v) is 14.6. The zero-order valence-electron chi connectivity index (χ0n) is 23.6. The van der Waals surface area contributed by atoms with E-state index < -0.39 is 0 Å². The molecule has 0 saturated carbocycles. The molecule has 2 bridgehead atoms. The Bertz CT molecular complexity index is 1170. The summed E-state index contributed by atoms with van der Waals surface area (Å²) < 4.78 is 6.20. The Balaban J connectivity index is 1.23. The molecule has 4 heterocycles. The number of benzene rings is 1. The number of hydrogen-bond donors (Lipinski definition) is 2. The minimum atomic E-state index is 0.107. The van der Waals surface area contributed by atoms with Gasteiger partial charge in [0.05, 0.1) is 6.54 Å². The van der Waals surface area contributed by atoms with E-state index in [2.05, 4.69) is 44.8 Å². The molecular formula is C31H42N6O3. The number of carbonyl (C=O) groups excluding carboxylic acids is 2. The van der Waals surface area contributed by atoms with Crippen LogP contribution in [0.5, 0.6) is 5.75 Å². The van der Waals surface area contributed by atoms with Gasteiger partial charge in [-0.15, -0.1) is 0 Å². The molecule has 0 unspecified atom stereocenters. The molecule has 3 aliphatic rings. The van der Waals surface area contributed by atoms with Crippen molar-refractivity contribution in [1.29, 1.82) is 0 Å². The van der Waals surface area contributed by atoms with E-state index in [-0.39, 0.29) is 30.2 Å². The number of piperazine rings is 1. The Labute approximate surface area is 237 Å². The predicted octanol–water partition coefficient (Wildman–Crippen LogP) is 2.09. The molecule has 214 valence electrons. The topological polar surface area (TPSA) is 90.0 Å². The van der Waals surface area contributed by atoms with E-state index >= 15 is 0 Å². The molecule has 2 saturated heterocycles. The molecule has 3 aliphatic heterocycles. The third-order valence-corrected chi connectivity index (χ3v) is 8.29. The number of nitrogens with one attached hydrogen (secondary N) is 2. The van der Waals surface area contributed by atoms with Crippen molar-refractivity contribution in [2.75, 3.05) is 70.9 Å². The Hall–Kier alpha value is -3.43. The van der Waals surface area contributed by atoms with Crippen molar-refractivity contribution in [2.45, 2.75) is 25.8 Å². The summed E-state index contributed by atoms with van der Waals surface area (Å²) >= 11 is 0. The molecule has 1 aromatic carbocycles. The number of nitrogens with zero attached hydrogens (tertiary/aromatic N) is 4. The van der Waals surface area contributed by atoms with Crippen LogP contribution in [0.1, 0.15) is 24.1 Å². The fraction of sp³-hybridized carbons (Fsp3) is 0.516. The smallest absolute Gasteiger partial charge is 0.236 e. The molecule has 0 radical (unpaired) electrons. The number of likely N-dealkylation sites (N-methyl/N-ethyl adjacent to an activating group) is 1. The molecule has 2 aromatic rings. The summed E-state index contributed by atoms with van der Waals surface area (Å²) in [4.78, 5) is 36.8. The van der Waals surface area contributed by atoms with E-state index in [1.54, 1.807) is 6.20 Å². The third kappa shape index (κ3) is 7.40. The van der Waals surface area contributed by atoms with Gasteiger partial charge in [0.25, 0.3) is 0 Å². The number of anilines is 1. The second-order valence-corrected chi connectivity index (χ2v) is 11.0. The van der Waals surface area contributed by atoms with Gasteiger partial charge in [-0.3, -0.25) is 14.6 Å². The van der Waals surface area contributed by atoms with Crippen LogP contribution in [0, 0.1) is 11.8 Å². The normalized spacial score (nSPS) is 22.7. The van der Waals surface area contributed by atoms with Crippen LogP contribution in [0.3, 0.4) is 0 Å². The minimum absolute atomic E-state index is 0.107. The van der Waals surface area contributed by atoms with Gasteiger partial charge in [-0.1, -0.05) is 18.2 Å². The highest BCUT2D eigenvalue weighted by Gasteiger charge is 2.32. The standard InChI is InChI=1S/C31H42N6O3/c1-35(14-10-27-6-2-3-11-34-27)30(38)20-24-9-15-37-23-25(24)5-4-18-40-29-8-7-28(36-16-12-32-13-17-36)19-26(29)21-33-22-31(37)39/h2-8,11,19,24-25,32-33H,9-10,12-18,20-23H2,1H3/b5-4+/t24-,25-/m0/s1. The third-order valence-electron chi connectivity index (χ3n) is 8.29. The first-order valence-electron chi connectivity index (χ1n) is 14.6. The fourth-order valence-electron chi connectivity index (χ4n) is 5.81. The Morgan fingerprint density at radius 3 is 2.80 bits per heavy atom. The van der Waals surface area contributed by atoms with Crippen molar-refractivity contribution >= 4 is 17.5 Å². The van der Waals surface area contributed by atoms with E-state index in [1.165, 1.54) is 5.69 Å². The molecule has 0 spiro atoms. The molecule has 9 heteroatoms. The number of carbonyl (C=O) groups is 2. The minimum Gasteiger partial charge on any atom is -0.489 e. The summed E-state index contributed by atoms with van der Waals surface area (Å²) in [5.41, 5.74) is 3.24. The van der Waals surface area contributed by atoms with Crippen LogP contribution in [0.4, 0.5) is 5.69 Å². The van der Waals surface area contributed by atoms with Crippen molar-refractivity contribution in [3.8, 4) is 5.75 Å². The number of hydrogen-bond acceptors (Lipinski definition) is 7. The molecule has 9 nitrogen and oxygen atoms in total. The molecular weight excluding hydrogens is 504 g/mol. The van der Waals surface area contributed by atoms with Gasteiger partial charge < -0.3 is 30.1 Å². The Morgan fingerprint density at radius 2 is 1.98 bits per heavy atom. The number of rotatable bonds is 6. The van der Waals surface area contributed by atoms with Crippen molar-refractivity contribution in [1.82, 2.24) is 25.4 Å². The zero-order chi connectivity index (χ0) is 27.7. The lowest BCUT2D eigenvalue weighted by molar-refractivity contribution is -0.134. The number of pyridine rings is 1. The van der Waals surface area contributed by atoms with Gasteiger partial charge in [-0.2, -0.15) is 0 Å². The van der Waals surface area contributed by atoms with Crippen molar-refractivity contribution in [2.24, 2.45) is 11.8 Å².